The number of rotatable bonds is 3. The minimum Gasteiger partial charge on any atom is -0.375 e. The Balaban J connectivity index is 2.27. The van der Waals surface area contributed by atoms with Crippen LogP contribution in [0.15, 0.2) is 12.1 Å². The number of pyridine rings is 1. The van der Waals surface area contributed by atoms with E-state index in [-0.39, 0.29) is 18.1 Å². The third kappa shape index (κ3) is 3.08. The summed E-state index contributed by atoms with van der Waals surface area (Å²) in [5.74, 6) is 5.93. The fourth-order valence-corrected chi connectivity index (χ4v) is 2.32. The van der Waals surface area contributed by atoms with Gasteiger partial charge in [-0.3, -0.25) is 4.79 Å². The maximum Gasteiger partial charge on any atom is 0.254 e. The summed E-state index contributed by atoms with van der Waals surface area (Å²) in [5.41, 5.74) is 3.97. The summed E-state index contributed by atoms with van der Waals surface area (Å²) in [5, 5.41) is 0. The minimum absolute atomic E-state index is 0.00116. The van der Waals surface area contributed by atoms with Crippen LogP contribution in [0, 0.1) is 0 Å². The molecule has 1 fully saturated rings. The van der Waals surface area contributed by atoms with Crippen LogP contribution in [0.5, 0.6) is 0 Å². The van der Waals surface area contributed by atoms with Crippen molar-refractivity contribution < 1.29 is 9.53 Å². The molecule has 1 aliphatic heterocycles. The topological polar surface area (TPSA) is 80.5 Å². The second kappa shape index (κ2) is 6.19. The molecule has 0 saturated carbocycles. The van der Waals surface area contributed by atoms with Crippen LogP contribution in [-0.2, 0) is 11.2 Å². The van der Waals surface area contributed by atoms with Gasteiger partial charge < -0.3 is 15.1 Å². The summed E-state index contributed by atoms with van der Waals surface area (Å²) in [7, 11) is 0. The van der Waals surface area contributed by atoms with Crippen LogP contribution in [0.4, 0.5) is 5.82 Å². The Hall–Kier alpha value is -1.66. The van der Waals surface area contributed by atoms with Gasteiger partial charge in [0.25, 0.3) is 5.91 Å². The average molecular weight is 278 g/mol. The average Bonchev–Trinajstić information content (AvgIpc) is 2.48. The van der Waals surface area contributed by atoms with Crippen molar-refractivity contribution >= 4 is 11.7 Å². The molecule has 0 aromatic carbocycles. The zero-order valence-corrected chi connectivity index (χ0v) is 12.2. The van der Waals surface area contributed by atoms with Gasteiger partial charge in [-0.1, -0.05) is 6.92 Å². The largest absolute Gasteiger partial charge is 0.375 e. The molecular formula is C14H22N4O2. The van der Waals surface area contributed by atoms with Gasteiger partial charge in [0.05, 0.1) is 18.8 Å². The lowest BCUT2D eigenvalue weighted by Gasteiger charge is -2.36. The van der Waals surface area contributed by atoms with Gasteiger partial charge in [-0.15, -0.1) is 0 Å². The number of nitrogens with one attached hydrogen (secondary N) is 1. The van der Waals surface area contributed by atoms with Crippen molar-refractivity contribution in [3.63, 3.8) is 0 Å². The molecule has 6 heteroatoms. The lowest BCUT2D eigenvalue weighted by molar-refractivity contribution is -0.0387. The first kappa shape index (κ1) is 14.7. The predicted octanol–water partition coefficient (Wildman–Crippen LogP) is 1.18. The Morgan fingerprint density at radius 1 is 1.55 bits per heavy atom. The summed E-state index contributed by atoms with van der Waals surface area (Å²) in [6, 6.07) is 3.59. The van der Waals surface area contributed by atoms with E-state index in [1.807, 2.05) is 31.7 Å². The molecule has 2 rings (SSSR count). The fourth-order valence-electron chi connectivity index (χ4n) is 2.32. The van der Waals surface area contributed by atoms with E-state index in [1.54, 1.807) is 6.07 Å². The van der Waals surface area contributed by atoms with Gasteiger partial charge in [0, 0.05) is 17.8 Å². The Bertz CT molecular complexity index is 470. The van der Waals surface area contributed by atoms with E-state index in [4.69, 9.17) is 10.6 Å². The van der Waals surface area contributed by atoms with Gasteiger partial charge in [0.1, 0.15) is 5.82 Å². The zero-order chi connectivity index (χ0) is 14.7. The number of carbonyl (C=O) groups is 1. The summed E-state index contributed by atoms with van der Waals surface area (Å²) >= 11 is 0. The molecule has 2 atom stereocenters. The number of aryl methyl sites for hydroxylation is 1. The van der Waals surface area contributed by atoms with Crippen molar-refractivity contribution in [2.24, 2.45) is 5.84 Å². The van der Waals surface area contributed by atoms with Gasteiger partial charge in [-0.2, -0.15) is 0 Å². The summed E-state index contributed by atoms with van der Waals surface area (Å²) in [4.78, 5) is 18.8. The highest BCUT2D eigenvalue weighted by atomic mass is 16.5. The molecule has 1 amide bonds. The third-order valence-corrected chi connectivity index (χ3v) is 3.50. The molecule has 0 aliphatic carbocycles. The Labute approximate surface area is 119 Å². The molecule has 0 radical (unpaired) electrons. The lowest BCUT2D eigenvalue weighted by atomic mass is 10.1. The van der Waals surface area contributed by atoms with Crippen LogP contribution in [0.3, 0.4) is 0 Å². The second-order valence-corrected chi connectivity index (χ2v) is 5.18. The first-order valence-electron chi connectivity index (χ1n) is 6.95. The van der Waals surface area contributed by atoms with Gasteiger partial charge in [-0.05, 0) is 32.4 Å². The number of nitrogens with zero attached hydrogens (tertiary/aromatic N) is 2. The van der Waals surface area contributed by atoms with Crippen molar-refractivity contribution in [2.75, 3.05) is 18.6 Å². The van der Waals surface area contributed by atoms with Gasteiger partial charge in [0.15, 0.2) is 0 Å². The maximum absolute atomic E-state index is 12.7. The Morgan fingerprint density at radius 2 is 2.30 bits per heavy atom. The summed E-state index contributed by atoms with van der Waals surface area (Å²) in [6.45, 7) is 7.14. The molecule has 1 aromatic rings. The third-order valence-electron chi connectivity index (χ3n) is 3.50. The molecule has 1 saturated heterocycles. The molecule has 2 heterocycles. The molecule has 1 aliphatic rings. The van der Waals surface area contributed by atoms with E-state index in [2.05, 4.69) is 10.4 Å². The molecule has 0 bridgehead atoms. The highest BCUT2D eigenvalue weighted by Gasteiger charge is 2.28. The number of hydrogen-bond donors (Lipinski definition) is 2. The van der Waals surface area contributed by atoms with Crippen LogP contribution >= 0.6 is 0 Å². The smallest absolute Gasteiger partial charge is 0.254 e. The normalized spacial score (nSPS) is 22.7. The molecule has 1 aromatic heterocycles. The molecule has 6 nitrogen and oxygen atoms in total. The van der Waals surface area contributed by atoms with Crippen LogP contribution in [0.2, 0.25) is 0 Å². The molecular weight excluding hydrogens is 256 g/mol. The predicted molar refractivity (Wildman–Crippen MR) is 77.3 cm³/mol. The number of amides is 1. The standard InChI is InChI=1S/C14H22N4O2/c1-4-12-5-11(6-13(16-12)17-15)14(19)18-7-10(3)20-8-9(18)2/h5-6,9-10H,4,7-8,15H2,1-3H3,(H,16,17). The van der Waals surface area contributed by atoms with E-state index >= 15 is 0 Å². The zero-order valence-electron chi connectivity index (χ0n) is 12.2. The number of nitrogens with two attached hydrogens (primary N) is 1. The Morgan fingerprint density at radius 3 is 2.95 bits per heavy atom. The molecule has 3 N–H and O–H groups in total. The van der Waals surface area contributed by atoms with E-state index in [0.29, 0.717) is 24.5 Å². The van der Waals surface area contributed by atoms with Crippen LogP contribution in [0.1, 0.15) is 36.8 Å². The van der Waals surface area contributed by atoms with Gasteiger partial charge in [0.2, 0.25) is 0 Å². The van der Waals surface area contributed by atoms with Crippen LogP contribution in [0.25, 0.3) is 0 Å². The number of nitrogen functional groups attached to an aromatic ring is 1. The Kier molecular flexibility index (Phi) is 4.57. The molecule has 0 spiro atoms. The van der Waals surface area contributed by atoms with Crippen molar-refractivity contribution in [1.29, 1.82) is 0 Å². The quantitative estimate of drug-likeness (QED) is 0.641. The first-order valence-corrected chi connectivity index (χ1v) is 6.95. The number of morpholine rings is 1. The number of anilines is 1. The number of ether oxygens (including phenoxy) is 1. The monoisotopic (exact) mass is 278 g/mol. The SMILES string of the molecule is CCc1cc(C(=O)N2CC(C)OCC2C)cc(NN)n1. The summed E-state index contributed by atoms with van der Waals surface area (Å²) in [6.07, 6.45) is 0.819. The first-order chi connectivity index (χ1) is 9.55. The lowest BCUT2D eigenvalue weighted by Crippen LogP contribution is -2.50. The van der Waals surface area contributed by atoms with E-state index < -0.39 is 0 Å². The van der Waals surface area contributed by atoms with Gasteiger partial charge in [-0.25, -0.2) is 10.8 Å². The van der Waals surface area contributed by atoms with E-state index in [9.17, 15) is 4.79 Å². The highest BCUT2D eigenvalue weighted by molar-refractivity contribution is 5.95. The number of aromatic nitrogens is 1. The van der Waals surface area contributed by atoms with Crippen molar-refractivity contribution in [3.8, 4) is 0 Å². The fraction of sp³-hybridized carbons (Fsp3) is 0.571. The van der Waals surface area contributed by atoms with Crippen LogP contribution < -0.4 is 11.3 Å². The number of hydrazine groups is 1. The molecule has 110 valence electrons. The van der Waals surface area contributed by atoms with Crippen molar-refractivity contribution in [1.82, 2.24) is 9.88 Å². The van der Waals surface area contributed by atoms with Crippen LogP contribution in [-0.4, -0.2) is 41.1 Å². The number of carbonyl (C=O) groups excluding carboxylic acids is 1. The van der Waals surface area contributed by atoms with Gasteiger partial charge >= 0.3 is 0 Å². The molecule has 20 heavy (non-hydrogen) atoms. The number of hydrogen-bond acceptors (Lipinski definition) is 5. The highest BCUT2D eigenvalue weighted by Crippen LogP contribution is 2.18. The van der Waals surface area contributed by atoms with Crippen molar-refractivity contribution in [2.45, 2.75) is 39.3 Å². The maximum atomic E-state index is 12.7. The summed E-state index contributed by atoms with van der Waals surface area (Å²) < 4.78 is 5.56. The van der Waals surface area contributed by atoms with E-state index in [0.717, 1.165) is 12.1 Å². The van der Waals surface area contributed by atoms with Crippen molar-refractivity contribution in [3.05, 3.63) is 23.4 Å². The molecule has 2 unspecified atom stereocenters. The minimum atomic E-state index is 0.00116. The second-order valence-electron chi connectivity index (χ2n) is 5.18. The van der Waals surface area contributed by atoms with E-state index in [1.165, 1.54) is 0 Å².